The van der Waals surface area contributed by atoms with Gasteiger partial charge in [-0.25, -0.2) is 0 Å². The maximum absolute atomic E-state index is 14.5. The van der Waals surface area contributed by atoms with Crippen LogP contribution in [0.4, 0.5) is 8.78 Å². The lowest BCUT2D eigenvalue weighted by Crippen LogP contribution is -2.56. The molecule has 1 aromatic rings. The van der Waals surface area contributed by atoms with Crippen molar-refractivity contribution in [2.75, 3.05) is 6.54 Å². The molecule has 1 spiro atoms. The Labute approximate surface area is 169 Å². The molecule has 6 heteroatoms. The molecule has 1 aliphatic heterocycles. The fourth-order valence-corrected chi connectivity index (χ4v) is 4.99. The molecule has 1 aliphatic carbocycles. The van der Waals surface area contributed by atoms with Crippen LogP contribution in [0.15, 0.2) is 12.1 Å². The average Bonchev–Trinajstić information content (AvgIpc) is 2.55. The summed E-state index contributed by atoms with van der Waals surface area (Å²) in [6, 6.07) is 0.357. The highest BCUT2D eigenvalue weighted by atomic mass is 19.3. The van der Waals surface area contributed by atoms with E-state index in [0.29, 0.717) is 10.5 Å². The Morgan fingerprint density at radius 3 is 2.14 bits per heavy atom. The van der Waals surface area contributed by atoms with Crippen molar-refractivity contribution < 1.29 is 23.2 Å². The lowest BCUT2D eigenvalue weighted by molar-refractivity contribution is -0.205. The fraction of sp³-hybridized carbons (Fsp3) is 0.522. The van der Waals surface area contributed by atoms with Crippen LogP contribution in [0.1, 0.15) is 67.7 Å². The molecule has 2 fully saturated rings. The summed E-state index contributed by atoms with van der Waals surface area (Å²) >= 11 is 0. The predicted molar refractivity (Wildman–Crippen MR) is 104 cm³/mol. The SMILES string of the molecule is CC#Cc1cc(C)c(C2C(=O)CC3(CCN(C(C)=O)C(F)(F)C3)CC2=O)c(C)c1. The number of alkyl halides is 2. The second-order valence-electron chi connectivity index (χ2n) is 8.38. The van der Waals surface area contributed by atoms with Gasteiger partial charge in [-0.15, -0.1) is 5.92 Å². The van der Waals surface area contributed by atoms with Crippen LogP contribution < -0.4 is 0 Å². The molecule has 0 bridgehead atoms. The van der Waals surface area contributed by atoms with Crippen LogP contribution in [0.2, 0.25) is 0 Å². The quantitative estimate of drug-likeness (QED) is 0.407. The third kappa shape index (κ3) is 3.83. The van der Waals surface area contributed by atoms with Crippen molar-refractivity contribution in [1.29, 1.82) is 0 Å². The Balaban J connectivity index is 1.90. The highest BCUT2D eigenvalue weighted by Gasteiger charge is 2.56. The molecule has 0 aromatic heterocycles. The van der Waals surface area contributed by atoms with Gasteiger partial charge >= 0.3 is 6.05 Å². The summed E-state index contributed by atoms with van der Waals surface area (Å²) < 4.78 is 29.1. The van der Waals surface area contributed by atoms with E-state index < -0.39 is 29.7 Å². The minimum atomic E-state index is -3.34. The molecular weight excluding hydrogens is 376 g/mol. The predicted octanol–water partition coefficient (Wildman–Crippen LogP) is 3.91. The van der Waals surface area contributed by atoms with Crippen molar-refractivity contribution in [3.05, 3.63) is 34.4 Å². The zero-order chi connectivity index (χ0) is 21.6. The molecule has 1 aromatic carbocycles. The first kappa shape index (κ1) is 21.2. The van der Waals surface area contributed by atoms with Crippen LogP contribution >= 0.6 is 0 Å². The third-order valence-corrected chi connectivity index (χ3v) is 6.12. The number of likely N-dealkylation sites (tertiary alicyclic amines) is 1. The molecule has 154 valence electrons. The fourth-order valence-electron chi connectivity index (χ4n) is 4.99. The number of nitrogens with zero attached hydrogens (tertiary/aromatic N) is 1. The first-order valence-corrected chi connectivity index (χ1v) is 9.75. The van der Waals surface area contributed by atoms with Gasteiger partial charge in [-0.3, -0.25) is 19.3 Å². The van der Waals surface area contributed by atoms with Gasteiger partial charge in [0.1, 0.15) is 17.5 Å². The van der Waals surface area contributed by atoms with Crippen LogP contribution in [-0.4, -0.2) is 35.0 Å². The van der Waals surface area contributed by atoms with Gasteiger partial charge in [-0.1, -0.05) is 5.92 Å². The monoisotopic (exact) mass is 401 g/mol. The summed E-state index contributed by atoms with van der Waals surface area (Å²) in [5.74, 6) is 3.57. The largest absolute Gasteiger partial charge is 0.328 e. The molecule has 1 amide bonds. The van der Waals surface area contributed by atoms with E-state index in [1.807, 2.05) is 26.0 Å². The first-order valence-electron chi connectivity index (χ1n) is 9.75. The van der Waals surface area contributed by atoms with Crippen molar-refractivity contribution in [3.63, 3.8) is 0 Å². The highest BCUT2D eigenvalue weighted by molar-refractivity contribution is 6.10. The lowest BCUT2D eigenvalue weighted by atomic mass is 9.62. The van der Waals surface area contributed by atoms with Gasteiger partial charge in [0.25, 0.3) is 0 Å². The van der Waals surface area contributed by atoms with Crippen molar-refractivity contribution >= 4 is 17.5 Å². The minimum absolute atomic E-state index is 0.0693. The van der Waals surface area contributed by atoms with E-state index in [4.69, 9.17) is 0 Å². The smallest absolute Gasteiger partial charge is 0.299 e. The number of hydrogen-bond acceptors (Lipinski definition) is 3. The lowest BCUT2D eigenvalue weighted by Gasteiger charge is -2.48. The van der Waals surface area contributed by atoms with E-state index in [0.717, 1.165) is 23.6 Å². The normalized spacial score (nSPS) is 26.3. The van der Waals surface area contributed by atoms with E-state index >= 15 is 0 Å². The van der Waals surface area contributed by atoms with E-state index in [2.05, 4.69) is 11.8 Å². The summed E-state index contributed by atoms with van der Waals surface area (Å²) in [6.07, 6.45) is -0.553. The van der Waals surface area contributed by atoms with Crippen LogP contribution in [0.3, 0.4) is 0 Å². The number of aryl methyl sites for hydroxylation is 2. The number of carbonyl (C=O) groups excluding carboxylic acids is 3. The maximum atomic E-state index is 14.5. The van der Waals surface area contributed by atoms with Gasteiger partial charge in [0.15, 0.2) is 0 Å². The molecule has 0 radical (unpaired) electrons. The van der Waals surface area contributed by atoms with Gasteiger partial charge in [-0.2, -0.15) is 8.78 Å². The second-order valence-corrected chi connectivity index (χ2v) is 8.38. The molecule has 0 N–H and O–H groups in total. The van der Waals surface area contributed by atoms with E-state index in [1.54, 1.807) is 6.92 Å². The molecular formula is C23H25F2NO3. The molecule has 29 heavy (non-hydrogen) atoms. The van der Waals surface area contributed by atoms with Gasteiger partial charge in [-0.05, 0) is 61.4 Å². The van der Waals surface area contributed by atoms with Gasteiger partial charge < -0.3 is 0 Å². The van der Waals surface area contributed by atoms with Crippen molar-refractivity contribution in [2.24, 2.45) is 5.41 Å². The number of benzene rings is 1. The van der Waals surface area contributed by atoms with E-state index in [9.17, 15) is 23.2 Å². The summed E-state index contributed by atoms with van der Waals surface area (Å²) in [5.41, 5.74) is 2.03. The number of Topliss-reactive ketones (excluding diaryl/α,β-unsaturated/α-hetero) is 2. The number of rotatable bonds is 1. The summed E-state index contributed by atoms with van der Waals surface area (Å²) in [5, 5.41) is 0. The number of hydrogen-bond donors (Lipinski definition) is 0. The number of amides is 1. The highest BCUT2D eigenvalue weighted by Crippen LogP contribution is 2.51. The van der Waals surface area contributed by atoms with E-state index in [-0.39, 0.29) is 37.4 Å². The van der Waals surface area contributed by atoms with Crippen molar-refractivity contribution in [1.82, 2.24) is 4.90 Å². The van der Waals surface area contributed by atoms with Gasteiger partial charge in [0.05, 0.1) is 0 Å². The summed E-state index contributed by atoms with van der Waals surface area (Å²) in [6.45, 7) is 6.38. The zero-order valence-corrected chi connectivity index (χ0v) is 17.2. The van der Waals surface area contributed by atoms with Crippen molar-refractivity contribution in [3.8, 4) is 11.8 Å². The van der Waals surface area contributed by atoms with Crippen LogP contribution in [0.5, 0.6) is 0 Å². The molecule has 1 heterocycles. The minimum Gasteiger partial charge on any atom is -0.299 e. The standard InChI is InChI=1S/C23H25F2NO3/c1-5-6-17-9-14(2)20(15(3)10-17)21-18(28)11-22(12-19(21)29)7-8-26(16(4)27)23(24,25)13-22/h9-10,21H,7-8,11-13H2,1-4H3. The number of ketones is 2. The molecule has 1 saturated heterocycles. The first-order chi connectivity index (χ1) is 13.5. The van der Waals surface area contributed by atoms with Crippen LogP contribution in [-0.2, 0) is 14.4 Å². The summed E-state index contributed by atoms with van der Waals surface area (Å²) in [4.78, 5) is 38.1. The van der Waals surface area contributed by atoms with Crippen molar-refractivity contribution in [2.45, 2.75) is 65.3 Å². The van der Waals surface area contributed by atoms with Gasteiger partial charge in [0.2, 0.25) is 5.91 Å². The summed E-state index contributed by atoms with van der Waals surface area (Å²) in [7, 11) is 0. The van der Waals surface area contributed by atoms with Crippen LogP contribution in [0.25, 0.3) is 0 Å². The maximum Gasteiger partial charge on any atom is 0.328 e. The Morgan fingerprint density at radius 2 is 1.69 bits per heavy atom. The third-order valence-electron chi connectivity index (χ3n) is 6.12. The molecule has 2 aliphatic rings. The Kier molecular flexibility index (Phi) is 5.38. The second kappa shape index (κ2) is 7.37. The topological polar surface area (TPSA) is 54.5 Å². The van der Waals surface area contributed by atoms with Crippen LogP contribution in [0, 0.1) is 31.1 Å². The Hall–Kier alpha value is -2.55. The number of carbonyl (C=O) groups is 3. The van der Waals surface area contributed by atoms with Gasteiger partial charge in [0, 0.05) is 38.3 Å². The molecule has 0 atom stereocenters. The van der Waals surface area contributed by atoms with E-state index in [1.165, 1.54) is 0 Å². The molecule has 1 saturated carbocycles. The number of piperidine rings is 1. The molecule has 4 nitrogen and oxygen atoms in total. The molecule has 0 unspecified atom stereocenters. The Bertz CT molecular complexity index is 914. The average molecular weight is 401 g/mol. The molecule has 3 rings (SSSR count). The Morgan fingerprint density at radius 1 is 1.14 bits per heavy atom. The number of halogens is 2. The zero-order valence-electron chi connectivity index (χ0n) is 17.2.